The molecule has 27 heavy (non-hydrogen) atoms. The predicted octanol–water partition coefficient (Wildman–Crippen LogP) is -3.39. The van der Waals surface area contributed by atoms with Gasteiger partial charge in [0.15, 0.2) is 0 Å². The summed E-state index contributed by atoms with van der Waals surface area (Å²) in [5.41, 5.74) is 2.89. The molecule has 2 aromatic rings. The van der Waals surface area contributed by atoms with Gasteiger partial charge >= 0.3 is 159 Å². The molecule has 0 saturated heterocycles. The van der Waals surface area contributed by atoms with Crippen molar-refractivity contribution >= 4 is 18.8 Å². The minimum absolute atomic E-state index is 0. The Morgan fingerprint density at radius 1 is 0.889 bits per heavy atom. The number of rotatable bonds is 6. The molecular formula is C22H25Cl3SiTi. The maximum absolute atomic E-state index is 2.58. The molecule has 0 aromatic heterocycles. The van der Waals surface area contributed by atoms with Gasteiger partial charge in [0, 0.05) is 0 Å². The summed E-state index contributed by atoms with van der Waals surface area (Å²) < 4.78 is 1.59. The second-order valence-electron chi connectivity index (χ2n) is 6.84. The molecule has 3 rings (SSSR count). The Morgan fingerprint density at radius 3 is 2.00 bits per heavy atom. The summed E-state index contributed by atoms with van der Waals surface area (Å²) in [6, 6.07) is 23.6. The second kappa shape index (κ2) is 12.3. The molecule has 0 amide bonds. The molecule has 142 valence electrons. The Bertz CT molecular complexity index is 760. The first kappa shape index (κ1) is 26.7. The van der Waals surface area contributed by atoms with E-state index in [0.717, 1.165) is 6.42 Å². The van der Waals surface area contributed by atoms with Crippen LogP contribution in [-0.2, 0) is 20.4 Å². The first-order valence-corrected chi connectivity index (χ1v) is 12.4. The standard InChI is InChI=1S/C22H25Si.3ClH.Ti/c1-3-4-18-23(2,20-14-9-6-10-15-20)22-17-11-16-21(22)19-12-7-5-8-13-19;;;;/h5-10,12-16H,3-4,11,18H2,1-2H3;3*1H;/q;;;;+3/p-3. The number of unbranched alkanes of at least 4 members (excludes halogenated alkanes) is 1. The number of benzene rings is 2. The van der Waals surface area contributed by atoms with E-state index in [1.165, 1.54) is 30.0 Å². The predicted molar refractivity (Wildman–Crippen MR) is 103 cm³/mol. The molecule has 1 atom stereocenters. The van der Waals surface area contributed by atoms with E-state index in [1.807, 2.05) is 0 Å². The molecule has 0 heterocycles. The van der Waals surface area contributed by atoms with E-state index in [4.69, 9.17) is 0 Å². The van der Waals surface area contributed by atoms with Gasteiger partial charge < -0.3 is 37.2 Å². The Morgan fingerprint density at radius 2 is 1.44 bits per heavy atom. The normalized spacial score (nSPS) is 15.0. The van der Waals surface area contributed by atoms with Crippen molar-refractivity contribution in [2.45, 2.75) is 38.8 Å². The molecule has 1 aliphatic carbocycles. The third kappa shape index (κ3) is 5.85. The van der Waals surface area contributed by atoms with Crippen molar-refractivity contribution < 1.29 is 57.7 Å². The molecule has 0 bridgehead atoms. The van der Waals surface area contributed by atoms with E-state index in [-0.39, 0.29) is 37.2 Å². The second-order valence-corrected chi connectivity index (χ2v) is 12.0. The fourth-order valence-electron chi connectivity index (χ4n) is 3.83. The maximum atomic E-state index is 2.58. The number of hydrogen-bond acceptors (Lipinski definition) is 0. The fraction of sp³-hybridized carbons (Fsp3) is 0.273. The maximum Gasteiger partial charge on any atom is -1.00 e. The van der Waals surface area contributed by atoms with Crippen LogP contribution in [0.25, 0.3) is 5.57 Å². The largest absolute Gasteiger partial charge is 1.00 e. The van der Waals surface area contributed by atoms with E-state index in [9.17, 15) is 0 Å². The molecule has 0 aliphatic heterocycles. The van der Waals surface area contributed by atoms with Crippen LogP contribution in [0.2, 0.25) is 12.6 Å². The average Bonchev–Trinajstić information content (AvgIpc) is 3.03. The van der Waals surface area contributed by atoms with Gasteiger partial charge in [-0.05, 0) is 0 Å². The van der Waals surface area contributed by atoms with E-state index >= 15 is 0 Å². The molecule has 0 spiro atoms. The zero-order chi connectivity index (χ0) is 17.0. The molecular weight excluding hydrogens is 447 g/mol. The summed E-state index contributed by atoms with van der Waals surface area (Å²) in [4.78, 5) is 0. The van der Waals surface area contributed by atoms with Gasteiger partial charge in [0.1, 0.15) is 0 Å². The van der Waals surface area contributed by atoms with Crippen LogP contribution in [0, 0.1) is 0 Å². The Balaban J connectivity index is 0.00000225. The van der Waals surface area contributed by atoms with Crippen molar-refractivity contribution in [1.82, 2.24) is 0 Å². The number of halogens is 3. The van der Waals surface area contributed by atoms with Crippen molar-refractivity contribution in [2.75, 3.05) is 0 Å². The molecule has 5 heteroatoms. The van der Waals surface area contributed by atoms with Crippen LogP contribution in [-0.4, -0.2) is 8.07 Å². The summed E-state index contributed by atoms with van der Waals surface area (Å²) in [7, 11) is -1.71. The Labute approximate surface area is 195 Å². The van der Waals surface area contributed by atoms with Crippen LogP contribution in [0.3, 0.4) is 0 Å². The van der Waals surface area contributed by atoms with E-state index in [2.05, 4.69) is 101 Å². The van der Waals surface area contributed by atoms with Crippen LogP contribution < -0.4 is 42.4 Å². The Kier molecular flexibility index (Phi) is 12.2. The van der Waals surface area contributed by atoms with E-state index < -0.39 is 8.07 Å². The SMILES string of the molecule is CCCC[Si](C)(C1=[C]([Ti+3])CC=C1c1ccccc1)c1ccccc1.[Cl-].[Cl-].[Cl-]. The van der Waals surface area contributed by atoms with Crippen molar-refractivity contribution in [2.24, 2.45) is 0 Å². The fourth-order valence-corrected chi connectivity index (χ4v) is 9.92. The topological polar surface area (TPSA) is 0 Å². The monoisotopic (exact) mass is 470 g/mol. The van der Waals surface area contributed by atoms with Crippen LogP contribution >= 0.6 is 0 Å². The smallest absolute Gasteiger partial charge is 1.00 e. The molecule has 0 fully saturated rings. The van der Waals surface area contributed by atoms with Crippen LogP contribution in [0.15, 0.2) is 75.8 Å². The van der Waals surface area contributed by atoms with Crippen LogP contribution in [0.4, 0.5) is 0 Å². The third-order valence-electron chi connectivity index (χ3n) is 5.16. The Hall–Kier alpha value is -0.279. The van der Waals surface area contributed by atoms with Gasteiger partial charge in [-0.3, -0.25) is 0 Å². The van der Waals surface area contributed by atoms with Crippen molar-refractivity contribution in [3.63, 3.8) is 0 Å². The summed E-state index contributed by atoms with van der Waals surface area (Å²) in [6.45, 7) is 4.89. The quantitative estimate of drug-likeness (QED) is 0.386. The van der Waals surface area contributed by atoms with Crippen molar-refractivity contribution in [1.29, 1.82) is 0 Å². The summed E-state index contributed by atoms with van der Waals surface area (Å²) >= 11 is 2.35. The van der Waals surface area contributed by atoms with Crippen molar-refractivity contribution in [3.8, 4) is 0 Å². The third-order valence-corrected chi connectivity index (χ3v) is 10.9. The minimum Gasteiger partial charge on any atom is -1.00 e. The van der Waals surface area contributed by atoms with Gasteiger partial charge in [-0.25, -0.2) is 0 Å². The van der Waals surface area contributed by atoms with Gasteiger partial charge in [0.2, 0.25) is 0 Å². The minimum atomic E-state index is -1.71. The average molecular weight is 472 g/mol. The first-order valence-electron chi connectivity index (χ1n) is 8.93. The number of allylic oxidation sites excluding steroid dienone is 4. The first-order chi connectivity index (χ1) is 11.7. The molecule has 0 N–H and O–H groups in total. The van der Waals surface area contributed by atoms with Gasteiger partial charge in [-0.1, -0.05) is 0 Å². The molecule has 0 nitrogen and oxygen atoms in total. The van der Waals surface area contributed by atoms with Crippen LogP contribution in [0.1, 0.15) is 31.7 Å². The summed E-state index contributed by atoms with van der Waals surface area (Å²) in [5, 5.41) is 3.27. The molecule has 0 saturated carbocycles. The molecule has 1 unspecified atom stereocenters. The van der Waals surface area contributed by atoms with Crippen LogP contribution in [0.5, 0.6) is 0 Å². The summed E-state index contributed by atoms with van der Waals surface area (Å²) in [6.07, 6.45) is 6.16. The van der Waals surface area contributed by atoms with Gasteiger partial charge in [-0.2, -0.15) is 0 Å². The zero-order valence-electron chi connectivity index (χ0n) is 15.8. The zero-order valence-corrected chi connectivity index (χ0v) is 20.6. The molecule has 0 radical (unpaired) electrons. The van der Waals surface area contributed by atoms with Gasteiger partial charge in [0.25, 0.3) is 0 Å². The number of hydrogen-bond donors (Lipinski definition) is 0. The summed E-state index contributed by atoms with van der Waals surface area (Å²) in [5.74, 6) is 0. The van der Waals surface area contributed by atoms with Gasteiger partial charge in [0.05, 0.1) is 0 Å². The van der Waals surface area contributed by atoms with Crippen molar-refractivity contribution in [3.05, 3.63) is 81.4 Å². The van der Waals surface area contributed by atoms with E-state index in [1.54, 1.807) is 14.3 Å². The van der Waals surface area contributed by atoms with Gasteiger partial charge in [-0.15, -0.1) is 0 Å². The molecule has 1 aliphatic rings. The molecule has 2 aromatic carbocycles. The van der Waals surface area contributed by atoms with E-state index in [0.29, 0.717) is 0 Å².